The molecule has 1 aliphatic heterocycles. The van der Waals surface area contributed by atoms with Crippen LogP contribution in [0.15, 0.2) is 22.8 Å². The van der Waals surface area contributed by atoms with Crippen molar-refractivity contribution in [2.24, 2.45) is 0 Å². The van der Waals surface area contributed by atoms with Crippen LogP contribution in [0.3, 0.4) is 0 Å². The number of pyridine rings is 1. The fourth-order valence-corrected chi connectivity index (χ4v) is 2.80. The maximum Gasteiger partial charge on any atom is 0.161 e. The molecule has 1 unspecified atom stereocenters. The molecule has 17 heavy (non-hydrogen) atoms. The molecule has 0 N–H and O–H groups in total. The van der Waals surface area contributed by atoms with Crippen molar-refractivity contribution in [3.05, 3.63) is 28.6 Å². The van der Waals surface area contributed by atoms with Crippen molar-refractivity contribution in [1.29, 1.82) is 0 Å². The normalized spacial score (nSPS) is 20.9. The molecular formula is C12H14BrN3O. The third kappa shape index (κ3) is 2.21. The SMILES string of the molecule is Brc1cccc2nnc(CC3CCCCO3)n12. The summed E-state index contributed by atoms with van der Waals surface area (Å²) in [6, 6.07) is 5.93. The van der Waals surface area contributed by atoms with E-state index in [0.29, 0.717) is 6.10 Å². The van der Waals surface area contributed by atoms with E-state index < -0.39 is 0 Å². The summed E-state index contributed by atoms with van der Waals surface area (Å²) in [6.07, 6.45) is 4.69. The van der Waals surface area contributed by atoms with Crippen molar-refractivity contribution in [1.82, 2.24) is 14.6 Å². The molecule has 2 aromatic rings. The monoisotopic (exact) mass is 295 g/mol. The summed E-state index contributed by atoms with van der Waals surface area (Å²) in [6.45, 7) is 0.878. The first kappa shape index (κ1) is 11.2. The molecule has 4 nitrogen and oxygen atoms in total. The van der Waals surface area contributed by atoms with E-state index in [0.717, 1.165) is 35.5 Å². The van der Waals surface area contributed by atoms with Crippen molar-refractivity contribution in [3.63, 3.8) is 0 Å². The van der Waals surface area contributed by atoms with Crippen LogP contribution in [-0.4, -0.2) is 27.3 Å². The van der Waals surface area contributed by atoms with Crippen LogP contribution < -0.4 is 0 Å². The standard InChI is InChI=1S/C12H14BrN3O/c13-10-5-3-6-11-14-15-12(16(10)11)8-9-4-1-2-7-17-9/h3,5-6,9H,1-2,4,7-8H2. The van der Waals surface area contributed by atoms with Crippen molar-refractivity contribution in [2.45, 2.75) is 31.8 Å². The summed E-state index contributed by atoms with van der Waals surface area (Å²) in [5, 5.41) is 8.43. The lowest BCUT2D eigenvalue weighted by atomic mass is 10.1. The minimum absolute atomic E-state index is 0.295. The number of rotatable bonds is 2. The molecule has 0 aromatic carbocycles. The smallest absolute Gasteiger partial charge is 0.161 e. The Hall–Kier alpha value is -0.940. The van der Waals surface area contributed by atoms with E-state index in [9.17, 15) is 0 Å². The van der Waals surface area contributed by atoms with Gasteiger partial charge in [-0.2, -0.15) is 0 Å². The van der Waals surface area contributed by atoms with Crippen molar-refractivity contribution >= 4 is 21.6 Å². The molecule has 90 valence electrons. The Morgan fingerprint density at radius 1 is 1.35 bits per heavy atom. The lowest BCUT2D eigenvalue weighted by Gasteiger charge is -2.21. The number of hydrogen-bond acceptors (Lipinski definition) is 3. The Kier molecular flexibility index (Phi) is 3.11. The van der Waals surface area contributed by atoms with Gasteiger partial charge in [0.05, 0.1) is 10.7 Å². The number of fused-ring (bicyclic) bond motifs is 1. The minimum atomic E-state index is 0.295. The van der Waals surface area contributed by atoms with Gasteiger partial charge in [0.15, 0.2) is 5.65 Å². The van der Waals surface area contributed by atoms with Crippen LogP contribution in [0.4, 0.5) is 0 Å². The zero-order valence-corrected chi connectivity index (χ0v) is 11.1. The second-order valence-corrected chi connectivity index (χ2v) is 5.16. The summed E-state index contributed by atoms with van der Waals surface area (Å²) in [4.78, 5) is 0. The van der Waals surface area contributed by atoms with Gasteiger partial charge in [-0.25, -0.2) is 0 Å². The van der Waals surface area contributed by atoms with E-state index in [1.807, 2.05) is 22.6 Å². The van der Waals surface area contributed by atoms with Crippen LogP contribution in [0.25, 0.3) is 5.65 Å². The van der Waals surface area contributed by atoms with Gasteiger partial charge in [0, 0.05) is 13.0 Å². The highest BCUT2D eigenvalue weighted by molar-refractivity contribution is 9.10. The summed E-state index contributed by atoms with van der Waals surface area (Å²) < 4.78 is 8.77. The lowest BCUT2D eigenvalue weighted by molar-refractivity contribution is 0.0155. The molecule has 0 radical (unpaired) electrons. The van der Waals surface area contributed by atoms with Gasteiger partial charge < -0.3 is 4.74 Å². The van der Waals surface area contributed by atoms with Crippen molar-refractivity contribution in [2.75, 3.05) is 6.61 Å². The van der Waals surface area contributed by atoms with E-state index in [1.54, 1.807) is 0 Å². The highest BCUT2D eigenvalue weighted by Crippen LogP contribution is 2.19. The van der Waals surface area contributed by atoms with Gasteiger partial charge in [0.2, 0.25) is 0 Å². The van der Waals surface area contributed by atoms with Crippen LogP contribution in [0.5, 0.6) is 0 Å². The third-order valence-electron chi connectivity index (χ3n) is 3.13. The highest BCUT2D eigenvalue weighted by atomic mass is 79.9. The Bertz CT molecular complexity index is 519. The maximum atomic E-state index is 5.74. The fraction of sp³-hybridized carbons (Fsp3) is 0.500. The lowest BCUT2D eigenvalue weighted by Crippen LogP contribution is -2.22. The Balaban J connectivity index is 1.89. The van der Waals surface area contributed by atoms with Crippen LogP contribution in [-0.2, 0) is 11.2 Å². The maximum absolute atomic E-state index is 5.74. The second kappa shape index (κ2) is 4.74. The molecule has 0 spiro atoms. The fourth-order valence-electron chi connectivity index (χ4n) is 2.26. The second-order valence-electron chi connectivity index (χ2n) is 4.35. The van der Waals surface area contributed by atoms with Gasteiger partial charge in [-0.05, 0) is 47.3 Å². The summed E-state index contributed by atoms with van der Waals surface area (Å²) in [5.41, 5.74) is 0.880. The van der Waals surface area contributed by atoms with Crippen molar-refractivity contribution in [3.8, 4) is 0 Å². The van der Waals surface area contributed by atoms with Crippen LogP contribution in [0.1, 0.15) is 25.1 Å². The van der Waals surface area contributed by atoms with E-state index in [1.165, 1.54) is 12.8 Å². The van der Waals surface area contributed by atoms with E-state index in [-0.39, 0.29) is 0 Å². The highest BCUT2D eigenvalue weighted by Gasteiger charge is 2.18. The number of halogens is 1. The number of ether oxygens (including phenoxy) is 1. The van der Waals surface area contributed by atoms with E-state index in [4.69, 9.17) is 4.74 Å². The molecular weight excluding hydrogens is 282 g/mol. The summed E-state index contributed by atoms with van der Waals surface area (Å²) in [7, 11) is 0. The van der Waals surface area contributed by atoms with Gasteiger partial charge >= 0.3 is 0 Å². The molecule has 1 fully saturated rings. The molecule has 1 aliphatic rings. The summed E-state index contributed by atoms with van der Waals surface area (Å²) in [5.74, 6) is 0.972. The van der Waals surface area contributed by atoms with E-state index >= 15 is 0 Å². The number of aromatic nitrogens is 3. The molecule has 1 atom stereocenters. The Labute approximate surface area is 108 Å². The molecule has 0 amide bonds. The first-order chi connectivity index (χ1) is 8.34. The minimum Gasteiger partial charge on any atom is -0.378 e. The molecule has 1 saturated heterocycles. The average Bonchev–Trinajstić information content (AvgIpc) is 2.75. The summed E-state index contributed by atoms with van der Waals surface area (Å²) >= 11 is 3.53. The third-order valence-corrected chi connectivity index (χ3v) is 3.75. The average molecular weight is 296 g/mol. The predicted octanol–water partition coefficient (Wildman–Crippen LogP) is 2.60. The van der Waals surface area contributed by atoms with Gasteiger partial charge in [0.1, 0.15) is 5.82 Å². The Morgan fingerprint density at radius 2 is 2.29 bits per heavy atom. The van der Waals surface area contributed by atoms with Crippen LogP contribution in [0.2, 0.25) is 0 Å². The molecule has 3 heterocycles. The van der Waals surface area contributed by atoms with Gasteiger partial charge in [-0.3, -0.25) is 4.40 Å². The zero-order chi connectivity index (χ0) is 11.7. The van der Waals surface area contributed by atoms with Crippen LogP contribution in [0, 0.1) is 0 Å². The van der Waals surface area contributed by atoms with Crippen LogP contribution >= 0.6 is 15.9 Å². The number of hydrogen-bond donors (Lipinski definition) is 0. The van der Waals surface area contributed by atoms with E-state index in [2.05, 4.69) is 26.1 Å². The molecule has 0 bridgehead atoms. The molecule has 3 rings (SSSR count). The topological polar surface area (TPSA) is 39.4 Å². The van der Waals surface area contributed by atoms with Gasteiger partial charge in [-0.1, -0.05) is 6.07 Å². The van der Waals surface area contributed by atoms with Gasteiger partial charge in [0.25, 0.3) is 0 Å². The first-order valence-corrected chi connectivity index (χ1v) is 6.74. The van der Waals surface area contributed by atoms with Gasteiger partial charge in [-0.15, -0.1) is 10.2 Å². The number of nitrogens with zero attached hydrogens (tertiary/aromatic N) is 3. The van der Waals surface area contributed by atoms with Crippen molar-refractivity contribution < 1.29 is 4.74 Å². The quantitative estimate of drug-likeness (QED) is 0.800. The molecule has 2 aromatic heterocycles. The molecule has 0 aliphatic carbocycles. The molecule has 5 heteroatoms. The zero-order valence-electron chi connectivity index (χ0n) is 9.47. The molecule has 0 saturated carbocycles. The first-order valence-electron chi connectivity index (χ1n) is 5.95. The Morgan fingerprint density at radius 3 is 3.12 bits per heavy atom. The largest absolute Gasteiger partial charge is 0.378 e. The predicted molar refractivity (Wildman–Crippen MR) is 68.0 cm³/mol.